The highest BCUT2D eigenvalue weighted by atomic mass is 19.4. The van der Waals surface area contributed by atoms with Gasteiger partial charge in [0, 0.05) is 36.8 Å². The number of hydrogen-bond acceptors (Lipinski definition) is 3. The van der Waals surface area contributed by atoms with Crippen molar-refractivity contribution < 1.29 is 26.3 Å². The first-order valence-electron chi connectivity index (χ1n) is 11.7. The van der Waals surface area contributed by atoms with Crippen molar-refractivity contribution in [2.75, 3.05) is 0 Å². The number of rotatable bonds is 5. The SMILES string of the molecule is CC1CC(c2cc(C(F)(F)F)nn2C)CC(CCc2cc(C(F)(F)F)c3c(c2)ncn3C(C)C)N1. The predicted octanol–water partition coefficient (Wildman–Crippen LogP) is 6.25. The molecule has 1 fully saturated rings. The molecule has 1 aliphatic rings. The summed E-state index contributed by atoms with van der Waals surface area (Å²) in [5.41, 5.74) is -0.163. The van der Waals surface area contributed by atoms with E-state index in [1.807, 2.05) is 6.92 Å². The van der Waals surface area contributed by atoms with Gasteiger partial charge in [0.05, 0.1) is 22.9 Å². The summed E-state index contributed by atoms with van der Waals surface area (Å²) in [4.78, 5) is 4.21. The molecule has 3 unspecified atom stereocenters. The molecule has 0 saturated carbocycles. The number of aromatic nitrogens is 4. The first-order valence-corrected chi connectivity index (χ1v) is 11.7. The lowest BCUT2D eigenvalue weighted by Gasteiger charge is -2.35. The molecule has 4 rings (SSSR count). The Kier molecular flexibility index (Phi) is 6.67. The molecule has 2 aromatic heterocycles. The van der Waals surface area contributed by atoms with Crippen LogP contribution in [0.25, 0.3) is 11.0 Å². The van der Waals surface area contributed by atoms with Gasteiger partial charge in [-0.05, 0) is 70.2 Å². The van der Waals surface area contributed by atoms with Gasteiger partial charge >= 0.3 is 12.4 Å². The minimum atomic E-state index is -4.51. The van der Waals surface area contributed by atoms with Gasteiger partial charge in [-0.25, -0.2) is 4.98 Å². The van der Waals surface area contributed by atoms with Crippen molar-refractivity contribution >= 4 is 11.0 Å². The van der Waals surface area contributed by atoms with Crippen LogP contribution in [0.2, 0.25) is 0 Å². The van der Waals surface area contributed by atoms with Gasteiger partial charge in [0.1, 0.15) is 0 Å². The minimum absolute atomic E-state index is 0.0498. The van der Waals surface area contributed by atoms with E-state index in [1.54, 1.807) is 19.9 Å². The van der Waals surface area contributed by atoms with Gasteiger partial charge in [0.25, 0.3) is 0 Å². The van der Waals surface area contributed by atoms with E-state index >= 15 is 0 Å². The molecule has 3 heterocycles. The van der Waals surface area contributed by atoms with Crippen LogP contribution >= 0.6 is 0 Å². The van der Waals surface area contributed by atoms with Gasteiger partial charge in [-0.2, -0.15) is 31.4 Å². The normalized spacial score (nSPS) is 21.9. The molecule has 3 aromatic rings. The zero-order valence-corrected chi connectivity index (χ0v) is 20.0. The Hall–Kier alpha value is -2.56. The van der Waals surface area contributed by atoms with Gasteiger partial charge < -0.3 is 9.88 Å². The summed E-state index contributed by atoms with van der Waals surface area (Å²) in [6.07, 6.45) is -5.40. The number of aryl methyl sites for hydroxylation is 2. The quantitative estimate of drug-likeness (QED) is 0.421. The third-order valence-electron chi connectivity index (χ3n) is 6.72. The number of piperidine rings is 1. The fraction of sp³-hybridized carbons (Fsp3) is 0.583. The van der Waals surface area contributed by atoms with Crippen molar-refractivity contribution in [1.82, 2.24) is 24.6 Å². The van der Waals surface area contributed by atoms with Crippen molar-refractivity contribution in [2.45, 2.75) is 82.9 Å². The second-order valence-corrected chi connectivity index (χ2v) is 9.80. The zero-order chi connectivity index (χ0) is 25.7. The molecule has 0 aliphatic carbocycles. The molecule has 0 spiro atoms. The average molecular weight is 502 g/mol. The Bertz CT molecular complexity index is 1190. The number of hydrogen-bond donors (Lipinski definition) is 1. The molecular weight excluding hydrogens is 472 g/mol. The summed E-state index contributed by atoms with van der Waals surface area (Å²) in [6, 6.07) is 3.84. The van der Waals surface area contributed by atoms with E-state index in [0.717, 1.165) is 6.07 Å². The van der Waals surface area contributed by atoms with Gasteiger partial charge in [0.15, 0.2) is 5.69 Å². The van der Waals surface area contributed by atoms with Crippen molar-refractivity contribution in [3.05, 3.63) is 47.0 Å². The smallest absolute Gasteiger partial charge is 0.328 e. The van der Waals surface area contributed by atoms with Crippen molar-refractivity contribution in [3.63, 3.8) is 0 Å². The highest BCUT2D eigenvalue weighted by Gasteiger charge is 2.37. The second kappa shape index (κ2) is 9.15. The number of alkyl halides is 6. The Balaban J connectivity index is 1.54. The molecule has 0 bridgehead atoms. The predicted molar refractivity (Wildman–Crippen MR) is 120 cm³/mol. The third-order valence-corrected chi connectivity index (χ3v) is 6.72. The molecule has 1 aliphatic heterocycles. The summed E-state index contributed by atoms with van der Waals surface area (Å²) < 4.78 is 83.8. The summed E-state index contributed by atoms with van der Waals surface area (Å²) >= 11 is 0. The standard InChI is InChI=1S/C24H29F6N5/c1-13(2)35-12-31-19-9-15(8-18(22(19)35)23(25,26)27)5-6-17-10-16(7-14(3)32-17)20-11-21(24(28,29)30)33-34(20)4/h8-9,11-14,16-17,32H,5-7,10H2,1-4H3. The maximum atomic E-state index is 13.9. The van der Waals surface area contributed by atoms with Crippen molar-refractivity contribution in [3.8, 4) is 0 Å². The lowest BCUT2D eigenvalue weighted by Crippen LogP contribution is -2.43. The minimum Gasteiger partial charge on any atom is -0.328 e. The molecule has 1 saturated heterocycles. The molecule has 1 aromatic carbocycles. The average Bonchev–Trinajstić information content (AvgIpc) is 3.34. The Morgan fingerprint density at radius 1 is 1.06 bits per heavy atom. The fourth-order valence-corrected chi connectivity index (χ4v) is 5.17. The van der Waals surface area contributed by atoms with Crippen LogP contribution < -0.4 is 5.32 Å². The monoisotopic (exact) mass is 501 g/mol. The van der Waals surface area contributed by atoms with Crippen LogP contribution in [0.1, 0.15) is 74.5 Å². The van der Waals surface area contributed by atoms with Gasteiger partial charge in [-0.3, -0.25) is 4.68 Å². The first kappa shape index (κ1) is 25.5. The Morgan fingerprint density at radius 3 is 2.37 bits per heavy atom. The number of benzene rings is 1. The number of nitrogens with one attached hydrogen (secondary N) is 1. The molecule has 35 heavy (non-hydrogen) atoms. The van der Waals surface area contributed by atoms with E-state index in [2.05, 4.69) is 15.4 Å². The van der Waals surface area contributed by atoms with Crippen molar-refractivity contribution in [1.29, 1.82) is 0 Å². The second-order valence-electron chi connectivity index (χ2n) is 9.80. The number of nitrogens with zero attached hydrogens (tertiary/aromatic N) is 4. The summed E-state index contributed by atoms with van der Waals surface area (Å²) in [5, 5.41) is 7.08. The molecule has 0 radical (unpaired) electrons. The van der Waals surface area contributed by atoms with Crippen LogP contribution in [-0.4, -0.2) is 31.4 Å². The van der Waals surface area contributed by atoms with E-state index < -0.39 is 23.6 Å². The van der Waals surface area contributed by atoms with Crippen LogP contribution in [-0.2, 0) is 25.8 Å². The van der Waals surface area contributed by atoms with E-state index in [4.69, 9.17) is 0 Å². The highest BCUT2D eigenvalue weighted by molar-refractivity contribution is 5.81. The van der Waals surface area contributed by atoms with E-state index in [9.17, 15) is 26.3 Å². The molecule has 3 atom stereocenters. The number of fused-ring (bicyclic) bond motifs is 1. The van der Waals surface area contributed by atoms with Gasteiger partial charge in [-0.1, -0.05) is 0 Å². The van der Waals surface area contributed by atoms with Gasteiger partial charge in [0.2, 0.25) is 0 Å². The lowest BCUT2D eigenvalue weighted by atomic mass is 9.84. The van der Waals surface area contributed by atoms with Crippen LogP contribution in [0.5, 0.6) is 0 Å². The molecule has 11 heteroatoms. The summed E-state index contributed by atoms with van der Waals surface area (Å²) in [5.74, 6) is -0.125. The van der Waals surface area contributed by atoms with E-state index in [0.29, 0.717) is 42.5 Å². The Labute approximate surface area is 199 Å². The summed E-state index contributed by atoms with van der Waals surface area (Å²) in [6.45, 7) is 5.58. The van der Waals surface area contributed by atoms with E-state index in [-0.39, 0.29) is 29.6 Å². The maximum absolute atomic E-state index is 13.9. The van der Waals surface area contributed by atoms with Crippen LogP contribution in [0.15, 0.2) is 24.5 Å². The number of imidazole rings is 1. The Morgan fingerprint density at radius 2 is 1.77 bits per heavy atom. The highest BCUT2D eigenvalue weighted by Crippen LogP contribution is 2.38. The molecule has 0 amide bonds. The molecule has 1 N–H and O–H groups in total. The van der Waals surface area contributed by atoms with E-state index in [1.165, 1.54) is 28.7 Å². The largest absolute Gasteiger partial charge is 0.435 e. The third kappa shape index (κ3) is 5.34. The van der Waals surface area contributed by atoms with Crippen LogP contribution in [0, 0.1) is 0 Å². The lowest BCUT2D eigenvalue weighted by molar-refractivity contribution is -0.141. The summed E-state index contributed by atoms with van der Waals surface area (Å²) in [7, 11) is 1.51. The number of halogens is 6. The van der Waals surface area contributed by atoms with Crippen LogP contribution in [0.3, 0.4) is 0 Å². The fourth-order valence-electron chi connectivity index (χ4n) is 5.17. The molecule has 192 valence electrons. The maximum Gasteiger partial charge on any atom is 0.435 e. The molecular formula is C24H29F6N5. The zero-order valence-electron chi connectivity index (χ0n) is 20.0. The topological polar surface area (TPSA) is 47.7 Å². The van der Waals surface area contributed by atoms with Crippen LogP contribution in [0.4, 0.5) is 26.3 Å². The van der Waals surface area contributed by atoms with Gasteiger partial charge in [-0.15, -0.1) is 0 Å². The first-order chi connectivity index (χ1) is 16.2. The van der Waals surface area contributed by atoms with Crippen molar-refractivity contribution in [2.24, 2.45) is 7.05 Å². The molecule has 5 nitrogen and oxygen atoms in total.